The molecule has 1 fully saturated rings. The number of nitrogens with one attached hydrogen (secondary N) is 2. The van der Waals surface area contributed by atoms with Crippen molar-refractivity contribution in [1.82, 2.24) is 0 Å². The van der Waals surface area contributed by atoms with Crippen molar-refractivity contribution in [3.05, 3.63) is 59.7 Å². The van der Waals surface area contributed by atoms with Crippen molar-refractivity contribution in [1.29, 1.82) is 0 Å². The van der Waals surface area contributed by atoms with Gasteiger partial charge in [0.1, 0.15) is 5.75 Å². The third kappa shape index (κ3) is 4.20. The Balaban J connectivity index is 1.88. The zero-order chi connectivity index (χ0) is 17.6. The van der Waals surface area contributed by atoms with Crippen LogP contribution in [0, 0.1) is 6.92 Å². The number of hydrogen-bond acceptors (Lipinski definition) is 2. The van der Waals surface area contributed by atoms with Crippen LogP contribution in [0.5, 0.6) is 5.75 Å². The van der Waals surface area contributed by atoms with E-state index in [-0.39, 0.29) is 11.9 Å². The van der Waals surface area contributed by atoms with Gasteiger partial charge in [0.15, 0.2) is 6.04 Å². The summed E-state index contributed by atoms with van der Waals surface area (Å²) in [6.45, 7) is 4.09. The Bertz CT molecular complexity index is 709. The molecule has 25 heavy (non-hydrogen) atoms. The molecule has 132 valence electrons. The van der Waals surface area contributed by atoms with E-state index in [1.807, 2.05) is 43.3 Å². The van der Waals surface area contributed by atoms with Crippen molar-refractivity contribution < 1.29 is 14.4 Å². The molecule has 0 unspecified atom stereocenters. The van der Waals surface area contributed by atoms with Crippen molar-refractivity contribution in [3.63, 3.8) is 0 Å². The van der Waals surface area contributed by atoms with Gasteiger partial charge in [0, 0.05) is 5.56 Å². The Morgan fingerprint density at radius 2 is 1.80 bits per heavy atom. The van der Waals surface area contributed by atoms with E-state index in [4.69, 9.17) is 4.74 Å². The zero-order valence-electron chi connectivity index (χ0n) is 15.0. The number of rotatable bonds is 5. The van der Waals surface area contributed by atoms with Crippen LogP contribution in [0.25, 0.3) is 0 Å². The maximum absolute atomic E-state index is 13.2. The van der Waals surface area contributed by atoms with Gasteiger partial charge in [-0.1, -0.05) is 36.4 Å². The van der Waals surface area contributed by atoms with Gasteiger partial charge in [0.2, 0.25) is 0 Å². The molecule has 0 saturated carbocycles. The molecule has 2 aromatic carbocycles. The van der Waals surface area contributed by atoms with Crippen molar-refractivity contribution in [2.24, 2.45) is 0 Å². The normalized spacial score (nSPS) is 16.2. The first-order valence-electron chi connectivity index (χ1n) is 9.04. The van der Waals surface area contributed by atoms with Crippen LogP contribution in [0.2, 0.25) is 0 Å². The summed E-state index contributed by atoms with van der Waals surface area (Å²) in [6.07, 6.45) is 3.62. The van der Waals surface area contributed by atoms with Crippen molar-refractivity contribution in [2.45, 2.75) is 32.2 Å². The second-order valence-corrected chi connectivity index (χ2v) is 6.76. The van der Waals surface area contributed by atoms with Crippen molar-refractivity contribution >= 4 is 11.6 Å². The molecule has 1 aliphatic rings. The number of piperidine rings is 1. The van der Waals surface area contributed by atoms with E-state index in [0.29, 0.717) is 5.75 Å². The molecular weight excluding hydrogens is 312 g/mol. The van der Waals surface area contributed by atoms with Gasteiger partial charge in [0.25, 0.3) is 5.91 Å². The number of ether oxygens (including phenoxy) is 1. The number of aryl methyl sites for hydroxylation is 1. The molecule has 0 spiro atoms. The molecule has 0 radical (unpaired) electrons. The quantitative estimate of drug-likeness (QED) is 0.880. The first-order chi connectivity index (χ1) is 12.2. The molecule has 0 aliphatic carbocycles. The highest BCUT2D eigenvalue weighted by Gasteiger charge is 2.32. The van der Waals surface area contributed by atoms with Crippen LogP contribution in [0.3, 0.4) is 0 Å². The molecule has 4 heteroatoms. The van der Waals surface area contributed by atoms with Crippen LogP contribution >= 0.6 is 0 Å². The smallest absolute Gasteiger partial charge is 0.287 e. The first kappa shape index (κ1) is 17.5. The average molecular weight is 339 g/mol. The average Bonchev–Trinajstić information content (AvgIpc) is 2.64. The summed E-state index contributed by atoms with van der Waals surface area (Å²) in [4.78, 5) is 14.6. The van der Waals surface area contributed by atoms with Gasteiger partial charge in [-0.15, -0.1) is 0 Å². The largest absolute Gasteiger partial charge is 0.495 e. The molecule has 2 N–H and O–H groups in total. The van der Waals surface area contributed by atoms with Crippen molar-refractivity contribution in [3.8, 4) is 5.75 Å². The van der Waals surface area contributed by atoms with Gasteiger partial charge < -0.3 is 15.0 Å². The molecule has 3 rings (SSSR count). The number of amides is 1. The Kier molecular flexibility index (Phi) is 5.71. The Hall–Kier alpha value is -2.33. The zero-order valence-corrected chi connectivity index (χ0v) is 15.0. The molecule has 1 aliphatic heterocycles. The number of likely N-dealkylation sites (tertiary alicyclic amines) is 1. The first-order valence-corrected chi connectivity index (χ1v) is 9.04. The van der Waals surface area contributed by atoms with Crippen LogP contribution in [0.4, 0.5) is 5.69 Å². The number of carbonyl (C=O) groups is 1. The van der Waals surface area contributed by atoms with Gasteiger partial charge in [0.05, 0.1) is 25.9 Å². The predicted molar refractivity (Wildman–Crippen MR) is 100 cm³/mol. The molecule has 1 amide bonds. The second-order valence-electron chi connectivity index (χ2n) is 6.76. The van der Waals surface area contributed by atoms with Gasteiger partial charge in [-0.05, 0) is 43.9 Å². The third-order valence-corrected chi connectivity index (χ3v) is 4.91. The van der Waals surface area contributed by atoms with Crippen LogP contribution in [0.15, 0.2) is 48.5 Å². The van der Waals surface area contributed by atoms with Crippen LogP contribution < -0.4 is 15.0 Å². The molecule has 1 heterocycles. The number of methoxy groups -OCH3 is 1. The minimum atomic E-state index is -0.188. The number of anilines is 1. The maximum atomic E-state index is 13.2. The van der Waals surface area contributed by atoms with E-state index in [0.717, 1.165) is 29.9 Å². The monoisotopic (exact) mass is 339 g/mol. The van der Waals surface area contributed by atoms with Crippen LogP contribution in [-0.4, -0.2) is 26.1 Å². The summed E-state index contributed by atoms with van der Waals surface area (Å²) in [5, 5.41) is 3.11. The van der Waals surface area contributed by atoms with Crippen LogP contribution in [0.1, 0.15) is 36.4 Å². The standard InChI is InChI=1S/C21H26N2O2/c1-16-11-12-19(25-2)18(15-16)22-21(24)20(17-9-5-3-6-10-17)23-13-7-4-8-14-23/h3,5-6,9-12,15,20H,4,7-8,13-14H2,1-2H3,(H,22,24)/p+1/t20-/m0/s1. The molecule has 2 aromatic rings. The summed E-state index contributed by atoms with van der Waals surface area (Å²) < 4.78 is 5.41. The third-order valence-electron chi connectivity index (χ3n) is 4.91. The molecule has 1 atom stereocenters. The van der Waals surface area contributed by atoms with Crippen molar-refractivity contribution in [2.75, 3.05) is 25.5 Å². The lowest BCUT2D eigenvalue weighted by molar-refractivity contribution is -0.926. The summed E-state index contributed by atoms with van der Waals surface area (Å²) in [7, 11) is 1.63. The van der Waals surface area contributed by atoms with Gasteiger partial charge in [-0.25, -0.2) is 0 Å². The van der Waals surface area contributed by atoms with E-state index >= 15 is 0 Å². The Morgan fingerprint density at radius 1 is 1.08 bits per heavy atom. The fourth-order valence-electron chi connectivity index (χ4n) is 3.64. The minimum absolute atomic E-state index is 0.0343. The highest BCUT2D eigenvalue weighted by molar-refractivity contribution is 5.96. The molecular formula is C21H27N2O2+. The molecule has 4 nitrogen and oxygen atoms in total. The maximum Gasteiger partial charge on any atom is 0.287 e. The van der Waals surface area contributed by atoms with E-state index in [2.05, 4.69) is 17.4 Å². The SMILES string of the molecule is COc1ccc(C)cc1NC(=O)[C@H](c1ccccc1)[NH+]1CCCCC1. The predicted octanol–water partition coefficient (Wildman–Crippen LogP) is 2.75. The van der Waals surface area contributed by atoms with Crippen LogP contribution in [-0.2, 0) is 4.79 Å². The van der Waals surface area contributed by atoms with Gasteiger partial charge >= 0.3 is 0 Å². The van der Waals surface area contributed by atoms with Gasteiger partial charge in [-0.2, -0.15) is 0 Å². The number of quaternary nitrogens is 1. The lowest BCUT2D eigenvalue weighted by Crippen LogP contribution is -3.14. The minimum Gasteiger partial charge on any atom is -0.495 e. The lowest BCUT2D eigenvalue weighted by atomic mass is 10.0. The summed E-state index contributed by atoms with van der Waals surface area (Å²) in [6, 6.07) is 15.8. The number of hydrogen-bond donors (Lipinski definition) is 2. The molecule has 1 saturated heterocycles. The van der Waals surface area contributed by atoms with E-state index in [9.17, 15) is 4.79 Å². The topological polar surface area (TPSA) is 42.8 Å². The fraction of sp³-hybridized carbons (Fsp3) is 0.381. The number of benzene rings is 2. The summed E-state index contributed by atoms with van der Waals surface area (Å²) >= 11 is 0. The fourth-order valence-corrected chi connectivity index (χ4v) is 3.64. The Labute approximate surface area is 149 Å². The highest BCUT2D eigenvalue weighted by Crippen LogP contribution is 2.26. The van der Waals surface area contributed by atoms with E-state index in [1.54, 1.807) is 7.11 Å². The second kappa shape index (κ2) is 8.17. The summed E-state index contributed by atoms with van der Waals surface area (Å²) in [5.41, 5.74) is 2.91. The highest BCUT2D eigenvalue weighted by atomic mass is 16.5. The Morgan fingerprint density at radius 3 is 2.48 bits per heavy atom. The molecule has 0 bridgehead atoms. The number of carbonyl (C=O) groups excluding carboxylic acids is 1. The summed E-state index contributed by atoms with van der Waals surface area (Å²) in [5.74, 6) is 0.728. The van der Waals surface area contributed by atoms with Gasteiger partial charge in [-0.3, -0.25) is 4.79 Å². The van der Waals surface area contributed by atoms with E-state index < -0.39 is 0 Å². The van der Waals surface area contributed by atoms with E-state index in [1.165, 1.54) is 24.2 Å². The molecule has 0 aromatic heterocycles. The lowest BCUT2D eigenvalue weighted by Gasteiger charge is -2.31.